The first-order valence-electron chi connectivity index (χ1n) is 4.61. The monoisotopic (exact) mass is 219 g/mol. The van der Waals surface area contributed by atoms with E-state index < -0.39 is 4.92 Å². The number of carbonyl (C=O) groups is 1. The van der Waals surface area contributed by atoms with E-state index in [0.29, 0.717) is 16.5 Å². The molecule has 1 aromatic heterocycles. The molecule has 0 fully saturated rings. The second kappa shape index (κ2) is 3.65. The van der Waals surface area contributed by atoms with E-state index in [1.807, 2.05) is 0 Å². The van der Waals surface area contributed by atoms with E-state index in [-0.39, 0.29) is 11.6 Å². The molecule has 0 aliphatic heterocycles. The van der Waals surface area contributed by atoms with Crippen molar-refractivity contribution in [3.63, 3.8) is 0 Å². The van der Waals surface area contributed by atoms with Gasteiger partial charge in [0.2, 0.25) is 0 Å². The summed E-state index contributed by atoms with van der Waals surface area (Å²) < 4.78 is 0. The van der Waals surface area contributed by atoms with Crippen LogP contribution in [0.2, 0.25) is 0 Å². The summed E-state index contributed by atoms with van der Waals surface area (Å²) in [5.74, 6) is -0.222. The molecular formula is C10H9N3O3. The molecule has 0 radical (unpaired) electrons. The van der Waals surface area contributed by atoms with Gasteiger partial charge in [0.1, 0.15) is 0 Å². The third-order valence-electron chi connectivity index (χ3n) is 2.35. The van der Waals surface area contributed by atoms with Crippen molar-refractivity contribution >= 4 is 22.5 Å². The molecule has 6 heteroatoms. The number of H-pyrrole nitrogens is 1. The molecule has 1 heterocycles. The number of nitrogens with one attached hydrogen (secondary N) is 2. The average molecular weight is 219 g/mol. The molecule has 2 aromatic rings. The minimum Gasteiger partial charge on any atom is -0.360 e. The van der Waals surface area contributed by atoms with Crippen LogP contribution >= 0.6 is 0 Å². The minimum absolute atomic E-state index is 0.00203. The van der Waals surface area contributed by atoms with Gasteiger partial charge in [-0.1, -0.05) is 0 Å². The minimum atomic E-state index is -0.472. The molecular weight excluding hydrogens is 210 g/mol. The number of aromatic amines is 1. The summed E-state index contributed by atoms with van der Waals surface area (Å²) in [5.41, 5.74) is 1.05. The van der Waals surface area contributed by atoms with Crippen LogP contribution in [0.25, 0.3) is 10.9 Å². The van der Waals surface area contributed by atoms with Crippen LogP contribution in [0.1, 0.15) is 10.4 Å². The van der Waals surface area contributed by atoms with E-state index in [9.17, 15) is 14.9 Å². The van der Waals surface area contributed by atoms with Crippen LogP contribution in [0.3, 0.4) is 0 Å². The Morgan fingerprint density at radius 1 is 1.50 bits per heavy atom. The fraction of sp³-hybridized carbons (Fsp3) is 0.100. The van der Waals surface area contributed by atoms with Crippen LogP contribution in [0.15, 0.2) is 24.4 Å². The molecule has 1 aromatic carbocycles. The number of rotatable bonds is 2. The summed E-state index contributed by atoms with van der Waals surface area (Å²) in [7, 11) is 1.53. The number of benzene rings is 1. The first kappa shape index (κ1) is 10.2. The summed E-state index contributed by atoms with van der Waals surface area (Å²) >= 11 is 0. The maximum absolute atomic E-state index is 11.4. The second-order valence-electron chi connectivity index (χ2n) is 3.27. The molecule has 2 rings (SSSR count). The molecule has 0 saturated heterocycles. The van der Waals surface area contributed by atoms with Gasteiger partial charge in [-0.3, -0.25) is 14.9 Å². The van der Waals surface area contributed by atoms with Crippen LogP contribution in [0, 0.1) is 10.1 Å². The number of hydrogen-bond donors (Lipinski definition) is 2. The Kier molecular flexibility index (Phi) is 2.32. The summed E-state index contributed by atoms with van der Waals surface area (Å²) in [6.45, 7) is 0. The molecule has 0 bridgehead atoms. The van der Waals surface area contributed by atoms with Crippen molar-refractivity contribution in [3.05, 3.63) is 40.1 Å². The number of hydrogen-bond acceptors (Lipinski definition) is 3. The largest absolute Gasteiger partial charge is 0.360 e. The van der Waals surface area contributed by atoms with Crippen LogP contribution < -0.4 is 5.32 Å². The molecule has 0 atom stereocenters. The maximum atomic E-state index is 11.4. The molecule has 0 saturated carbocycles. The maximum Gasteiger partial charge on any atom is 0.271 e. The number of aromatic nitrogens is 1. The SMILES string of the molecule is CNC(=O)c1c[nH]c2cc([N+](=O)[O-])ccc12. The van der Waals surface area contributed by atoms with Gasteiger partial charge in [0.05, 0.1) is 16.0 Å². The van der Waals surface area contributed by atoms with Crippen molar-refractivity contribution in [3.8, 4) is 0 Å². The number of fused-ring (bicyclic) bond motifs is 1. The smallest absolute Gasteiger partial charge is 0.271 e. The predicted octanol–water partition coefficient (Wildman–Crippen LogP) is 1.44. The summed E-state index contributed by atoms with van der Waals surface area (Å²) in [5, 5.41) is 13.7. The molecule has 16 heavy (non-hydrogen) atoms. The molecule has 0 aliphatic rings. The second-order valence-corrected chi connectivity index (χ2v) is 3.27. The lowest BCUT2D eigenvalue weighted by molar-refractivity contribution is -0.384. The van der Waals surface area contributed by atoms with Gasteiger partial charge in [-0.2, -0.15) is 0 Å². The molecule has 1 amide bonds. The van der Waals surface area contributed by atoms with Gasteiger partial charge in [-0.05, 0) is 6.07 Å². The van der Waals surface area contributed by atoms with Gasteiger partial charge in [0.25, 0.3) is 11.6 Å². The Morgan fingerprint density at radius 2 is 2.25 bits per heavy atom. The Morgan fingerprint density at radius 3 is 2.88 bits per heavy atom. The van der Waals surface area contributed by atoms with Gasteiger partial charge in [-0.25, -0.2) is 0 Å². The standard InChI is InChI=1S/C10H9N3O3/c1-11-10(14)8-5-12-9-4-6(13(15)16)2-3-7(8)9/h2-5,12H,1H3,(H,11,14). The lowest BCUT2D eigenvalue weighted by atomic mass is 10.1. The van der Waals surface area contributed by atoms with Gasteiger partial charge in [0.15, 0.2) is 0 Å². The fourth-order valence-corrected chi connectivity index (χ4v) is 1.55. The third kappa shape index (κ3) is 1.50. The highest BCUT2D eigenvalue weighted by molar-refractivity contribution is 6.06. The molecule has 0 unspecified atom stereocenters. The van der Waals surface area contributed by atoms with E-state index in [0.717, 1.165) is 0 Å². The molecule has 6 nitrogen and oxygen atoms in total. The number of nitrogens with zero attached hydrogens (tertiary/aromatic N) is 1. The third-order valence-corrected chi connectivity index (χ3v) is 2.35. The molecule has 0 aliphatic carbocycles. The fourth-order valence-electron chi connectivity index (χ4n) is 1.55. The van der Waals surface area contributed by atoms with E-state index >= 15 is 0 Å². The number of carbonyl (C=O) groups excluding carboxylic acids is 1. The highest BCUT2D eigenvalue weighted by Gasteiger charge is 2.13. The van der Waals surface area contributed by atoms with Crippen molar-refractivity contribution in [2.75, 3.05) is 7.05 Å². The van der Waals surface area contributed by atoms with E-state index in [1.54, 1.807) is 6.07 Å². The van der Waals surface area contributed by atoms with Gasteiger partial charge < -0.3 is 10.3 Å². The zero-order chi connectivity index (χ0) is 11.7. The Labute approximate surface area is 90.4 Å². The Hall–Kier alpha value is -2.37. The van der Waals surface area contributed by atoms with Crippen molar-refractivity contribution < 1.29 is 9.72 Å². The van der Waals surface area contributed by atoms with Crippen molar-refractivity contribution in [1.29, 1.82) is 0 Å². The van der Waals surface area contributed by atoms with Gasteiger partial charge in [-0.15, -0.1) is 0 Å². The van der Waals surface area contributed by atoms with E-state index in [4.69, 9.17) is 0 Å². The van der Waals surface area contributed by atoms with E-state index in [1.165, 1.54) is 25.4 Å². The van der Waals surface area contributed by atoms with Crippen molar-refractivity contribution in [1.82, 2.24) is 10.3 Å². The number of non-ortho nitro benzene ring substituents is 1. The average Bonchev–Trinajstić information content (AvgIpc) is 2.70. The summed E-state index contributed by atoms with van der Waals surface area (Å²) in [6, 6.07) is 4.35. The molecule has 2 N–H and O–H groups in total. The highest BCUT2D eigenvalue weighted by Crippen LogP contribution is 2.22. The Bertz CT molecular complexity index is 574. The van der Waals surface area contributed by atoms with Crippen LogP contribution in [0.4, 0.5) is 5.69 Å². The van der Waals surface area contributed by atoms with Crippen molar-refractivity contribution in [2.45, 2.75) is 0 Å². The van der Waals surface area contributed by atoms with Crippen LogP contribution in [-0.4, -0.2) is 22.9 Å². The quantitative estimate of drug-likeness (QED) is 0.591. The van der Waals surface area contributed by atoms with Crippen LogP contribution in [0.5, 0.6) is 0 Å². The summed E-state index contributed by atoms with van der Waals surface area (Å²) in [6.07, 6.45) is 1.53. The van der Waals surface area contributed by atoms with Crippen LogP contribution in [-0.2, 0) is 0 Å². The van der Waals surface area contributed by atoms with Gasteiger partial charge in [0, 0.05) is 30.8 Å². The zero-order valence-electron chi connectivity index (χ0n) is 8.48. The van der Waals surface area contributed by atoms with Crippen molar-refractivity contribution in [2.24, 2.45) is 0 Å². The van der Waals surface area contributed by atoms with E-state index in [2.05, 4.69) is 10.3 Å². The normalized spacial score (nSPS) is 10.3. The first-order chi connectivity index (χ1) is 7.63. The number of nitro benzene ring substituents is 1. The molecule has 0 spiro atoms. The first-order valence-corrected chi connectivity index (χ1v) is 4.61. The lowest BCUT2D eigenvalue weighted by Gasteiger charge is -1.96. The Balaban J connectivity index is 2.59. The lowest BCUT2D eigenvalue weighted by Crippen LogP contribution is -2.17. The molecule has 82 valence electrons. The van der Waals surface area contributed by atoms with Gasteiger partial charge >= 0.3 is 0 Å². The number of nitro groups is 1. The summed E-state index contributed by atoms with van der Waals surface area (Å²) in [4.78, 5) is 24.4. The highest BCUT2D eigenvalue weighted by atomic mass is 16.6. The number of amides is 1. The topological polar surface area (TPSA) is 88.0 Å². The predicted molar refractivity (Wildman–Crippen MR) is 58.3 cm³/mol. The zero-order valence-corrected chi connectivity index (χ0v) is 8.48.